The Morgan fingerprint density at radius 1 is 1.39 bits per heavy atom. The van der Waals surface area contributed by atoms with Crippen molar-refractivity contribution in [2.24, 2.45) is 5.92 Å². The minimum absolute atomic E-state index is 0.766. The second-order valence-corrected chi connectivity index (χ2v) is 5.70. The average molecular weight is 264 g/mol. The largest absolute Gasteiger partial charge is 0.306 e. The van der Waals surface area contributed by atoms with E-state index < -0.39 is 0 Å². The highest BCUT2D eigenvalue weighted by molar-refractivity contribution is 6.30. The van der Waals surface area contributed by atoms with Crippen LogP contribution in [0.2, 0.25) is 5.02 Å². The van der Waals surface area contributed by atoms with E-state index in [-0.39, 0.29) is 0 Å². The topological polar surface area (TPSA) is 20.5 Å². The van der Waals surface area contributed by atoms with Crippen molar-refractivity contribution < 1.29 is 0 Å². The molecule has 0 aliphatic carbocycles. The number of aromatic nitrogens is 2. The van der Waals surface area contributed by atoms with Gasteiger partial charge in [-0.1, -0.05) is 11.6 Å². The molecule has 1 aliphatic heterocycles. The molecular formula is C14H18ClN3. The Balaban J connectivity index is 1.78. The summed E-state index contributed by atoms with van der Waals surface area (Å²) in [4.78, 5) is 6.94. The fourth-order valence-corrected chi connectivity index (χ4v) is 2.87. The van der Waals surface area contributed by atoms with Crippen LogP contribution >= 0.6 is 11.6 Å². The maximum absolute atomic E-state index is 5.99. The van der Waals surface area contributed by atoms with Crippen molar-refractivity contribution in [3.05, 3.63) is 35.4 Å². The Bertz CT molecular complexity index is 541. The molecule has 1 aliphatic rings. The van der Waals surface area contributed by atoms with Gasteiger partial charge < -0.3 is 9.30 Å². The second-order valence-electron chi connectivity index (χ2n) is 5.27. The number of hydrogen-bond donors (Lipinski definition) is 0. The van der Waals surface area contributed by atoms with Gasteiger partial charge in [-0.25, -0.2) is 4.98 Å². The van der Waals surface area contributed by atoms with E-state index in [0.717, 1.165) is 28.7 Å². The van der Waals surface area contributed by atoms with Crippen LogP contribution in [0, 0.1) is 5.92 Å². The predicted molar refractivity (Wildman–Crippen MR) is 74.1 cm³/mol. The highest BCUT2D eigenvalue weighted by Gasteiger charge is 2.18. The minimum atomic E-state index is 0.766. The summed E-state index contributed by atoms with van der Waals surface area (Å²) in [5.74, 6) is 1.93. The molecule has 0 unspecified atom stereocenters. The molecule has 0 N–H and O–H groups in total. The summed E-state index contributed by atoms with van der Waals surface area (Å²) in [7, 11) is 2.20. The van der Waals surface area contributed by atoms with E-state index >= 15 is 0 Å². The number of fused-ring (bicyclic) bond motifs is 1. The molecule has 4 heteroatoms. The van der Waals surface area contributed by atoms with Crippen LogP contribution in [-0.2, 0) is 6.42 Å². The number of likely N-dealkylation sites (tertiary alicyclic amines) is 1. The standard InChI is InChI=1S/C14H18ClN3/c1-17-5-2-11(3-6-17)8-14-16-10-13-9-12(15)4-7-18(13)14/h4,7,9-11H,2-3,5-6,8H2,1H3. The van der Waals surface area contributed by atoms with Crippen LogP contribution in [0.15, 0.2) is 24.5 Å². The van der Waals surface area contributed by atoms with Gasteiger partial charge in [-0.2, -0.15) is 0 Å². The molecule has 3 rings (SSSR count). The lowest BCUT2D eigenvalue weighted by Gasteiger charge is -2.28. The first kappa shape index (κ1) is 12.0. The lowest BCUT2D eigenvalue weighted by Crippen LogP contribution is -2.31. The molecule has 0 spiro atoms. The summed E-state index contributed by atoms with van der Waals surface area (Å²) in [6, 6.07) is 3.89. The number of imidazole rings is 1. The van der Waals surface area contributed by atoms with Crippen molar-refractivity contribution in [2.45, 2.75) is 19.3 Å². The lowest BCUT2D eigenvalue weighted by molar-refractivity contribution is 0.217. The van der Waals surface area contributed by atoms with E-state index in [1.54, 1.807) is 0 Å². The molecule has 1 fully saturated rings. The summed E-state index contributed by atoms with van der Waals surface area (Å²) in [6.07, 6.45) is 7.56. The zero-order valence-corrected chi connectivity index (χ0v) is 11.4. The van der Waals surface area contributed by atoms with E-state index in [2.05, 4.69) is 21.3 Å². The van der Waals surface area contributed by atoms with Gasteiger partial charge in [0.1, 0.15) is 5.82 Å². The van der Waals surface area contributed by atoms with Gasteiger partial charge in [0.25, 0.3) is 0 Å². The number of halogens is 1. The van der Waals surface area contributed by atoms with Gasteiger partial charge in [-0.3, -0.25) is 0 Å². The molecule has 3 heterocycles. The number of piperidine rings is 1. The zero-order chi connectivity index (χ0) is 12.5. The molecule has 2 aromatic rings. The summed E-state index contributed by atoms with van der Waals surface area (Å²) in [5, 5.41) is 0.772. The molecular weight excluding hydrogens is 246 g/mol. The van der Waals surface area contributed by atoms with Crippen LogP contribution in [0.4, 0.5) is 0 Å². The Morgan fingerprint density at radius 3 is 2.94 bits per heavy atom. The Kier molecular flexibility index (Phi) is 3.27. The fraction of sp³-hybridized carbons (Fsp3) is 0.500. The molecule has 0 radical (unpaired) electrons. The molecule has 18 heavy (non-hydrogen) atoms. The van der Waals surface area contributed by atoms with Crippen LogP contribution in [0.3, 0.4) is 0 Å². The SMILES string of the molecule is CN1CCC(Cc2ncc3cc(Cl)ccn23)CC1. The second kappa shape index (κ2) is 4.90. The van der Waals surface area contributed by atoms with Gasteiger partial charge in [0.15, 0.2) is 0 Å². The molecule has 0 atom stereocenters. The first-order valence-electron chi connectivity index (χ1n) is 6.52. The highest BCUT2D eigenvalue weighted by Crippen LogP contribution is 2.22. The van der Waals surface area contributed by atoms with E-state index in [0.29, 0.717) is 0 Å². The monoisotopic (exact) mass is 263 g/mol. The summed E-state index contributed by atoms with van der Waals surface area (Å²) >= 11 is 5.99. The van der Waals surface area contributed by atoms with E-state index in [1.807, 2.05) is 24.5 Å². The molecule has 2 aromatic heterocycles. The van der Waals surface area contributed by atoms with Gasteiger partial charge in [0, 0.05) is 17.6 Å². The van der Waals surface area contributed by atoms with Crippen molar-refractivity contribution >= 4 is 17.1 Å². The molecule has 0 saturated carbocycles. The van der Waals surface area contributed by atoms with Gasteiger partial charge in [-0.15, -0.1) is 0 Å². The van der Waals surface area contributed by atoms with Gasteiger partial charge in [-0.05, 0) is 51.0 Å². The summed E-state index contributed by atoms with van der Waals surface area (Å²) in [6.45, 7) is 2.42. The molecule has 3 nitrogen and oxygen atoms in total. The van der Waals surface area contributed by atoms with Crippen molar-refractivity contribution in [1.29, 1.82) is 0 Å². The molecule has 0 bridgehead atoms. The Hall–Kier alpha value is -1.06. The quantitative estimate of drug-likeness (QED) is 0.831. The maximum atomic E-state index is 5.99. The van der Waals surface area contributed by atoms with Gasteiger partial charge in [0.2, 0.25) is 0 Å². The van der Waals surface area contributed by atoms with Crippen molar-refractivity contribution in [2.75, 3.05) is 20.1 Å². The summed E-state index contributed by atoms with van der Waals surface area (Å²) in [5.41, 5.74) is 1.09. The first-order valence-corrected chi connectivity index (χ1v) is 6.90. The Morgan fingerprint density at radius 2 is 2.17 bits per heavy atom. The number of nitrogens with zero attached hydrogens (tertiary/aromatic N) is 3. The normalized spacial score (nSPS) is 18.6. The van der Waals surface area contributed by atoms with Crippen molar-refractivity contribution in [1.82, 2.24) is 14.3 Å². The van der Waals surface area contributed by atoms with Crippen LogP contribution < -0.4 is 0 Å². The third-order valence-electron chi connectivity index (χ3n) is 3.88. The average Bonchev–Trinajstić information content (AvgIpc) is 2.74. The Labute approximate surface area is 112 Å². The maximum Gasteiger partial charge on any atom is 0.113 e. The lowest BCUT2D eigenvalue weighted by atomic mass is 9.93. The highest BCUT2D eigenvalue weighted by atomic mass is 35.5. The molecule has 96 valence electrons. The predicted octanol–water partition coefficient (Wildman–Crippen LogP) is 2.87. The zero-order valence-electron chi connectivity index (χ0n) is 10.6. The third-order valence-corrected chi connectivity index (χ3v) is 4.12. The molecule has 0 aromatic carbocycles. The van der Waals surface area contributed by atoms with Crippen LogP contribution in [0.25, 0.3) is 5.52 Å². The van der Waals surface area contributed by atoms with Crippen LogP contribution in [0.1, 0.15) is 18.7 Å². The van der Waals surface area contributed by atoms with Crippen molar-refractivity contribution in [3.8, 4) is 0 Å². The third kappa shape index (κ3) is 2.38. The number of rotatable bonds is 2. The summed E-state index contributed by atoms with van der Waals surface area (Å²) < 4.78 is 2.16. The van der Waals surface area contributed by atoms with Gasteiger partial charge >= 0.3 is 0 Å². The van der Waals surface area contributed by atoms with E-state index in [1.165, 1.54) is 25.9 Å². The number of pyridine rings is 1. The number of hydrogen-bond acceptors (Lipinski definition) is 2. The van der Waals surface area contributed by atoms with Crippen LogP contribution in [0.5, 0.6) is 0 Å². The smallest absolute Gasteiger partial charge is 0.113 e. The van der Waals surface area contributed by atoms with E-state index in [4.69, 9.17) is 11.6 Å². The first-order chi connectivity index (χ1) is 8.72. The minimum Gasteiger partial charge on any atom is -0.306 e. The fourth-order valence-electron chi connectivity index (χ4n) is 2.70. The van der Waals surface area contributed by atoms with Crippen LogP contribution in [-0.4, -0.2) is 34.4 Å². The van der Waals surface area contributed by atoms with Gasteiger partial charge in [0.05, 0.1) is 11.7 Å². The molecule has 1 saturated heterocycles. The van der Waals surface area contributed by atoms with Crippen molar-refractivity contribution in [3.63, 3.8) is 0 Å². The van der Waals surface area contributed by atoms with E-state index in [9.17, 15) is 0 Å². The molecule has 0 amide bonds.